The fourth-order valence-corrected chi connectivity index (χ4v) is 2.22. The molecule has 7 heteroatoms. The van der Waals surface area contributed by atoms with Crippen LogP contribution in [0.25, 0.3) is 0 Å². The number of halogens is 3. The van der Waals surface area contributed by atoms with E-state index in [-0.39, 0.29) is 25.3 Å². The van der Waals surface area contributed by atoms with Crippen LogP contribution in [0.4, 0.5) is 13.2 Å². The number of benzene rings is 1. The van der Waals surface area contributed by atoms with Gasteiger partial charge in [-0.15, -0.1) is 0 Å². The van der Waals surface area contributed by atoms with Crippen LogP contribution in [0.2, 0.25) is 0 Å². The quantitative estimate of drug-likeness (QED) is 0.800. The van der Waals surface area contributed by atoms with Crippen molar-refractivity contribution in [3.8, 4) is 0 Å². The summed E-state index contributed by atoms with van der Waals surface area (Å²) < 4.78 is 48.9. The summed E-state index contributed by atoms with van der Waals surface area (Å²) in [5.41, 5.74) is -0.877. The maximum Gasteiger partial charge on any atom is 0.416 e. The predicted molar refractivity (Wildman–Crippen MR) is 81.5 cm³/mol. The topological polar surface area (TPSA) is 42.7 Å². The Hall–Kier alpha value is -2.28. The molecular weight excluding hydrogens is 323 g/mol. The Balaban J connectivity index is 2.23. The summed E-state index contributed by atoms with van der Waals surface area (Å²) in [5, 5.41) is 0. The van der Waals surface area contributed by atoms with Crippen molar-refractivity contribution in [3.05, 3.63) is 59.0 Å². The first-order chi connectivity index (χ1) is 11.3. The van der Waals surface area contributed by atoms with Gasteiger partial charge < -0.3 is 14.1 Å². The molecule has 130 valence electrons. The predicted octanol–water partition coefficient (Wildman–Crippen LogP) is 3.90. The van der Waals surface area contributed by atoms with Crippen LogP contribution >= 0.6 is 0 Å². The van der Waals surface area contributed by atoms with Gasteiger partial charge in [0.05, 0.1) is 18.7 Å². The van der Waals surface area contributed by atoms with Crippen molar-refractivity contribution < 1.29 is 27.1 Å². The van der Waals surface area contributed by atoms with Crippen LogP contribution < -0.4 is 0 Å². The monoisotopic (exact) mass is 341 g/mol. The molecule has 1 aromatic heterocycles. The van der Waals surface area contributed by atoms with E-state index in [0.717, 1.165) is 12.1 Å². The number of amides is 1. The van der Waals surface area contributed by atoms with Crippen molar-refractivity contribution in [2.45, 2.75) is 19.6 Å². The SMILES string of the molecule is COCCN(Cc1ccc(C)o1)C(=O)c1cccc(C(F)(F)F)c1. The van der Waals surface area contributed by atoms with Crippen LogP contribution in [0.1, 0.15) is 27.4 Å². The van der Waals surface area contributed by atoms with Gasteiger partial charge in [-0.1, -0.05) is 6.07 Å². The lowest BCUT2D eigenvalue weighted by Gasteiger charge is -2.22. The maximum atomic E-state index is 12.8. The van der Waals surface area contributed by atoms with Crippen LogP contribution in [0, 0.1) is 6.92 Å². The highest BCUT2D eigenvalue weighted by Crippen LogP contribution is 2.29. The minimum absolute atomic E-state index is 0.0239. The second-order valence-corrected chi connectivity index (χ2v) is 5.31. The Kier molecular flexibility index (Phi) is 5.66. The number of furan rings is 1. The Morgan fingerprint density at radius 3 is 2.58 bits per heavy atom. The van der Waals surface area contributed by atoms with Crippen molar-refractivity contribution in [1.29, 1.82) is 0 Å². The number of ether oxygens (including phenoxy) is 1. The van der Waals surface area contributed by atoms with Gasteiger partial charge in [0, 0.05) is 19.2 Å². The number of hydrogen-bond acceptors (Lipinski definition) is 3. The van der Waals surface area contributed by atoms with Crippen molar-refractivity contribution in [3.63, 3.8) is 0 Å². The molecule has 1 amide bonds. The van der Waals surface area contributed by atoms with Crippen LogP contribution in [0.3, 0.4) is 0 Å². The number of nitrogens with zero attached hydrogens (tertiary/aromatic N) is 1. The summed E-state index contributed by atoms with van der Waals surface area (Å²) in [4.78, 5) is 14.0. The second kappa shape index (κ2) is 7.53. The molecule has 0 spiro atoms. The molecule has 0 aliphatic rings. The van der Waals surface area contributed by atoms with E-state index in [1.807, 2.05) is 0 Å². The first-order valence-electron chi connectivity index (χ1n) is 7.32. The summed E-state index contributed by atoms with van der Waals surface area (Å²) in [6.07, 6.45) is -4.49. The highest BCUT2D eigenvalue weighted by atomic mass is 19.4. The summed E-state index contributed by atoms with van der Waals surface area (Å²) in [6.45, 7) is 2.44. The van der Waals surface area contributed by atoms with Gasteiger partial charge in [0.2, 0.25) is 0 Å². The standard InChI is InChI=1S/C17H18F3NO3/c1-12-6-7-15(24-12)11-21(8-9-23-2)16(22)13-4-3-5-14(10-13)17(18,19)20/h3-7,10H,8-9,11H2,1-2H3. The van der Waals surface area contributed by atoms with E-state index in [2.05, 4.69) is 0 Å². The van der Waals surface area contributed by atoms with E-state index in [9.17, 15) is 18.0 Å². The number of carbonyl (C=O) groups is 1. The smallest absolute Gasteiger partial charge is 0.416 e. The Morgan fingerprint density at radius 2 is 2.00 bits per heavy atom. The number of aryl methyl sites for hydroxylation is 1. The average Bonchev–Trinajstić information content (AvgIpc) is 2.95. The normalized spacial score (nSPS) is 11.5. The summed E-state index contributed by atoms with van der Waals surface area (Å²) in [5.74, 6) is 0.749. The number of alkyl halides is 3. The van der Waals surface area contributed by atoms with E-state index < -0.39 is 17.6 Å². The number of carbonyl (C=O) groups excluding carboxylic acids is 1. The first-order valence-corrected chi connectivity index (χ1v) is 7.32. The lowest BCUT2D eigenvalue weighted by molar-refractivity contribution is -0.137. The molecule has 2 aromatic rings. The zero-order chi connectivity index (χ0) is 17.7. The Bertz CT molecular complexity index is 694. The molecule has 1 heterocycles. The molecule has 0 saturated carbocycles. The Morgan fingerprint density at radius 1 is 1.25 bits per heavy atom. The molecule has 0 aliphatic heterocycles. The van der Waals surface area contributed by atoms with Crippen LogP contribution in [-0.2, 0) is 17.5 Å². The minimum atomic E-state index is -4.49. The second-order valence-electron chi connectivity index (χ2n) is 5.31. The van der Waals surface area contributed by atoms with E-state index in [1.54, 1.807) is 19.1 Å². The zero-order valence-electron chi connectivity index (χ0n) is 13.4. The van der Waals surface area contributed by atoms with Gasteiger partial charge >= 0.3 is 6.18 Å². The number of hydrogen-bond donors (Lipinski definition) is 0. The van der Waals surface area contributed by atoms with Crippen LogP contribution in [0.5, 0.6) is 0 Å². The zero-order valence-corrected chi connectivity index (χ0v) is 13.4. The molecule has 1 aromatic carbocycles. The fourth-order valence-electron chi connectivity index (χ4n) is 2.22. The van der Waals surface area contributed by atoms with E-state index in [0.29, 0.717) is 11.5 Å². The molecule has 0 saturated heterocycles. The highest BCUT2D eigenvalue weighted by Gasteiger charge is 2.31. The first kappa shape index (κ1) is 18.1. The van der Waals surface area contributed by atoms with Gasteiger partial charge in [-0.25, -0.2) is 0 Å². The van der Waals surface area contributed by atoms with Gasteiger partial charge in [-0.2, -0.15) is 13.2 Å². The summed E-state index contributed by atoms with van der Waals surface area (Å²) in [6, 6.07) is 7.88. The third-order valence-corrected chi connectivity index (χ3v) is 3.43. The molecule has 0 unspecified atom stereocenters. The van der Waals surface area contributed by atoms with Gasteiger partial charge in [0.25, 0.3) is 5.91 Å². The molecule has 0 radical (unpaired) electrons. The van der Waals surface area contributed by atoms with E-state index >= 15 is 0 Å². The van der Waals surface area contributed by atoms with Gasteiger partial charge in [-0.05, 0) is 37.3 Å². The van der Waals surface area contributed by atoms with E-state index in [4.69, 9.17) is 9.15 Å². The van der Waals surface area contributed by atoms with Crippen LogP contribution in [0.15, 0.2) is 40.8 Å². The third kappa shape index (κ3) is 4.61. The number of methoxy groups -OCH3 is 1. The van der Waals surface area contributed by atoms with Gasteiger partial charge in [0.15, 0.2) is 0 Å². The highest BCUT2D eigenvalue weighted by molar-refractivity contribution is 5.94. The molecular formula is C17H18F3NO3. The van der Waals surface area contributed by atoms with Crippen molar-refractivity contribution in [2.24, 2.45) is 0 Å². The molecule has 0 fully saturated rings. The molecule has 24 heavy (non-hydrogen) atoms. The van der Waals surface area contributed by atoms with E-state index in [1.165, 1.54) is 24.1 Å². The van der Waals surface area contributed by atoms with Crippen molar-refractivity contribution >= 4 is 5.91 Å². The minimum Gasteiger partial charge on any atom is -0.464 e. The largest absolute Gasteiger partial charge is 0.464 e. The summed E-state index contributed by atoms with van der Waals surface area (Å²) in [7, 11) is 1.49. The lowest BCUT2D eigenvalue weighted by Crippen LogP contribution is -2.33. The van der Waals surface area contributed by atoms with Gasteiger partial charge in [0.1, 0.15) is 11.5 Å². The van der Waals surface area contributed by atoms with Crippen molar-refractivity contribution in [1.82, 2.24) is 4.90 Å². The molecule has 0 bridgehead atoms. The summed E-state index contributed by atoms with van der Waals surface area (Å²) >= 11 is 0. The van der Waals surface area contributed by atoms with Gasteiger partial charge in [-0.3, -0.25) is 4.79 Å². The third-order valence-electron chi connectivity index (χ3n) is 3.43. The lowest BCUT2D eigenvalue weighted by atomic mass is 10.1. The molecule has 0 atom stereocenters. The van der Waals surface area contributed by atoms with Crippen molar-refractivity contribution in [2.75, 3.05) is 20.3 Å². The molecule has 2 rings (SSSR count). The number of rotatable bonds is 6. The average molecular weight is 341 g/mol. The maximum absolute atomic E-state index is 12.8. The Labute approximate surface area is 137 Å². The molecule has 0 N–H and O–H groups in total. The molecule has 0 aliphatic carbocycles. The van der Waals surface area contributed by atoms with Crippen LogP contribution in [-0.4, -0.2) is 31.1 Å². The fraction of sp³-hybridized carbons (Fsp3) is 0.353. The molecule has 4 nitrogen and oxygen atoms in total.